The highest BCUT2D eigenvalue weighted by atomic mass is 16.5. The van der Waals surface area contributed by atoms with Crippen LogP contribution in [0.4, 0.5) is 0 Å². The molecule has 0 radical (unpaired) electrons. The third kappa shape index (κ3) is 2.14. The summed E-state index contributed by atoms with van der Waals surface area (Å²) in [6.07, 6.45) is 3.38. The van der Waals surface area contributed by atoms with Crippen molar-refractivity contribution in [1.29, 1.82) is 0 Å². The molecule has 2 aliphatic rings. The van der Waals surface area contributed by atoms with Gasteiger partial charge in [0.25, 0.3) is 0 Å². The van der Waals surface area contributed by atoms with Gasteiger partial charge >= 0.3 is 5.97 Å². The lowest BCUT2D eigenvalue weighted by atomic mass is 9.80. The second kappa shape index (κ2) is 5.21. The van der Waals surface area contributed by atoms with Crippen LogP contribution >= 0.6 is 0 Å². The molecule has 2 bridgehead atoms. The predicted octanol–water partition coefficient (Wildman–Crippen LogP) is 2.86. The van der Waals surface area contributed by atoms with Crippen LogP contribution in [0.5, 0.6) is 0 Å². The molecule has 108 valence electrons. The smallest absolute Gasteiger partial charge is 0.323 e. The monoisotopic (exact) mass is 273 g/mol. The first-order chi connectivity index (χ1) is 9.66. The second-order valence-corrected chi connectivity index (χ2v) is 6.17. The van der Waals surface area contributed by atoms with Crippen LogP contribution < -0.4 is 5.32 Å². The minimum atomic E-state index is -0.102. The molecular formula is C17H23NO2. The first kappa shape index (κ1) is 13.6. The van der Waals surface area contributed by atoms with E-state index in [4.69, 9.17) is 4.74 Å². The van der Waals surface area contributed by atoms with Crippen molar-refractivity contribution in [2.75, 3.05) is 6.61 Å². The van der Waals surface area contributed by atoms with E-state index in [1.807, 2.05) is 6.92 Å². The number of piperidine rings is 1. The highest BCUT2D eigenvalue weighted by Gasteiger charge is 2.55. The average molecular weight is 273 g/mol. The van der Waals surface area contributed by atoms with Gasteiger partial charge in [-0.25, -0.2) is 0 Å². The van der Waals surface area contributed by atoms with E-state index in [9.17, 15) is 4.79 Å². The molecule has 1 aliphatic heterocycles. The quantitative estimate of drug-likeness (QED) is 0.857. The SMILES string of the molecule is CCOC(=O)C1NC2([C@H](C)c3ccccc3)CCC1C2. The summed E-state index contributed by atoms with van der Waals surface area (Å²) >= 11 is 0. The summed E-state index contributed by atoms with van der Waals surface area (Å²) in [6, 6.07) is 10.5. The summed E-state index contributed by atoms with van der Waals surface area (Å²) in [5.74, 6) is 0.799. The van der Waals surface area contributed by atoms with Gasteiger partial charge in [0.15, 0.2) is 0 Å². The van der Waals surface area contributed by atoms with Gasteiger partial charge in [-0.05, 0) is 43.6 Å². The van der Waals surface area contributed by atoms with Crippen molar-refractivity contribution in [3.63, 3.8) is 0 Å². The van der Waals surface area contributed by atoms with Crippen molar-refractivity contribution >= 4 is 5.97 Å². The number of esters is 1. The van der Waals surface area contributed by atoms with Gasteiger partial charge in [0.2, 0.25) is 0 Å². The Labute approximate surface area is 120 Å². The van der Waals surface area contributed by atoms with Gasteiger partial charge in [0, 0.05) is 5.54 Å². The van der Waals surface area contributed by atoms with E-state index in [0.29, 0.717) is 18.4 Å². The van der Waals surface area contributed by atoms with Crippen molar-refractivity contribution in [3.05, 3.63) is 35.9 Å². The number of benzene rings is 1. The van der Waals surface area contributed by atoms with Gasteiger partial charge in [0.05, 0.1) is 6.61 Å². The molecule has 20 heavy (non-hydrogen) atoms. The molecule has 0 amide bonds. The highest BCUT2D eigenvalue weighted by molar-refractivity contribution is 5.77. The van der Waals surface area contributed by atoms with E-state index < -0.39 is 0 Å². The van der Waals surface area contributed by atoms with Crippen molar-refractivity contribution in [2.45, 2.75) is 50.6 Å². The average Bonchev–Trinajstić information content (AvgIpc) is 3.07. The summed E-state index contributed by atoms with van der Waals surface area (Å²) in [7, 11) is 0. The van der Waals surface area contributed by atoms with Crippen LogP contribution in [0.2, 0.25) is 0 Å². The standard InChI is InChI=1S/C17H23NO2/c1-3-20-16(19)15-14-9-10-17(11-14,18-15)12(2)13-7-5-4-6-8-13/h4-8,12,14-15,18H,3,9-11H2,1-2H3/t12-,14?,15?,17?/m1/s1. The first-order valence-electron chi connectivity index (χ1n) is 7.65. The largest absolute Gasteiger partial charge is 0.465 e. The van der Waals surface area contributed by atoms with Crippen molar-refractivity contribution in [2.24, 2.45) is 5.92 Å². The summed E-state index contributed by atoms with van der Waals surface area (Å²) < 4.78 is 5.21. The summed E-state index contributed by atoms with van der Waals surface area (Å²) in [6.45, 7) is 4.61. The summed E-state index contributed by atoms with van der Waals surface area (Å²) in [5, 5.41) is 3.61. The number of fused-ring (bicyclic) bond motifs is 2. The normalized spacial score (nSPS) is 33.1. The fraction of sp³-hybridized carbons (Fsp3) is 0.588. The molecule has 1 N–H and O–H groups in total. The van der Waals surface area contributed by atoms with Crippen LogP contribution in [-0.2, 0) is 9.53 Å². The molecule has 3 heteroatoms. The molecule has 1 aromatic carbocycles. The molecule has 3 nitrogen and oxygen atoms in total. The first-order valence-corrected chi connectivity index (χ1v) is 7.65. The molecule has 0 aromatic heterocycles. The van der Waals surface area contributed by atoms with Gasteiger partial charge in [0.1, 0.15) is 6.04 Å². The molecule has 1 aromatic rings. The van der Waals surface area contributed by atoms with Gasteiger partial charge in [-0.2, -0.15) is 0 Å². The Kier molecular flexibility index (Phi) is 3.55. The van der Waals surface area contributed by atoms with E-state index in [0.717, 1.165) is 19.3 Å². The third-order valence-corrected chi connectivity index (χ3v) is 5.17. The van der Waals surface area contributed by atoms with Gasteiger partial charge < -0.3 is 4.74 Å². The maximum absolute atomic E-state index is 12.1. The Bertz CT molecular complexity index is 487. The van der Waals surface area contributed by atoms with E-state index in [1.165, 1.54) is 5.56 Å². The van der Waals surface area contributed by atoms with Crippen LogP contribution in [0.25, 0.3) is 0 Å². The number of carbonyl (C=O) groups is 1. The Morgan fingerprint density at radius 1 is 1.45 bits per heavy atom. The molecule has 3 unspecified atom stereocenters. The van der Waals surface area contributed by atoms with Crippen molar-refractivity contribution in [1.82, 2.24) is 5.32 Å². The van der Waals surface area contributed by atoms with Crippen LogP contribution in [-0.4, -0.2) is 24.2 Å². The zero-order valence-corrected chi connectivity index (χ0v) is 12.3. The maximum Gasteiger partial charge on any atom is 0.323 e. The van der Waals surface area contributed by atoms with Crippen LogP contribution in [0.3, 0.4) is 0 Å². The molecule has 1 aliphatic carbocycles. The molecule has 1 saturated heterocycles. The Morgan fingerprint density at radius 3 is 2.90 bits per heavy atom. The fourth-order valence-electron chi connectivity index (χ4n) is 4.02. The Balaban J connectivity index is 1.79. The third-order valence-electron chi connectivity index (χ3n) is 5.17. The highest BCUT2D eigenvalue weighted by Crippen LogP contribution is 2.50. The minimum absolute atomic E-state index is 0.0701. The number of hydrogen-bond acceptors (Lipinski definition) is 3. The summed E-state index contributed by atoms with van der Waals surface area (Å²) in [5.41, 5.74) is 1.42. The van der Waals surface area contributed by atoms with Crippen LogP contribution in [0.15, 0.2) is 30.3 Å². The number of nitrogens with one attached hydrogen (secondary N) is 1. The van der Waals surface area contributed by atoms with E-state index in [2.05, 4.69) is 42.6 Å². The van der Waals surface area contributed by atoms with Crippen molar-refractivity contribution < 1.29 is 9.53 Å². The Morgan fingerprint density at radius 2 is 2.20 bits per heavy atom. The lowest BCUT2D eigenvalue weighted by Gasteiger charge is -2.36. The maximum atomic E-state index is 12.1. The lowest BCUT2D eigenvalue weighted by molar-refractivity contribution is -0.147. The predicted molar refractivity (Wildman–Crippen MR) is 78.5 cm³/mol. The Hall–Kier alpha value is -1.35. The van der Waals surface area contributed by atoms with Crippen molar-refractivity contribution in [3.8, 4) is 0 Å². The topological polar surface area (TPSA) is 38.3 Å². The molecule has 1 saturated carbocycles. The lowest BCUT2D eigenvalue weighted by Crippen LogP contribution is -2.52. The minimum Gasteiger partial charge on any atom is -0.465 e. The zero-order valence-electron chi connectivity index (χ0n) is 12.3. The van der Waals surface area contributed by atoms with E-state index in [-0.39, 0.29) is 17.6 Å². The molecule has 4 atom stereocenters. The van der Waals surface area contributed by atoms with E-state index >= 15 is 0 Å². The number of ether oxygens (including phenoxy) is 1. The van der Waals surface area contributed by atoms with Gasteiger partial charge in [-0.1, -0.05) is 37.3 Å². The van der Waals surface area contributed by atoms with Crippen LogP contribution in [0, 0.1) is 5.92 Å². The zero-order chi connectivity index (χ0) is 14.2. The fourth-order valence-corrected chi connectivity index (χ4v) is 4.02. The second-order valence-electron chi connectivity index (χ2n) is 6.17. The number of carbonyl (C=O) groups excluding carboxylic acids is 1. The molecule has 1 heterocycles. The number of hydrogen-bond donors (Lipinski definition) is 1. The van der Waals surface area contributed by atoms with Crippen LogP contribution in [0.1, 0.15) is 44.6 Å². The van der Waals surface area contributed by atoms with Gasteiger partial charge in [-0.3, -0.25) is 10.1 Å². The molecular weight excluding hydrogens is 250 g/mol. The van der Waals surface area contributed by atoms with E-state index in [1.54, 1.807) is 0 Å². The summed E-state index contributed by atoms with van der Waals surface area (Å²) in [4.78, 5) is 12.1. The molecule has 2 fully saturated rings. The van der Waals surface area contributed by atoms with Gasteiger partial charge in [-0.15, -0.1) is 0 Å². The number of rotatable bonds is 4. The molecule has 3 rings (SSSR count). The molecule has 0 spiro atoms.